The van der Waals surface area contributed by atoms with Crippen LogP contribution < -0.4 is 19.1 Å². The zero-order valence-corrected chi connectivity index (χ0v) is 18.1. The molecule has 0 saturated heterocycles. The van der Waals surface area contributed by atoms with Crippen molar-refractivity contribution in [3.05, 3.63) is 46.4 Å². The van der Waals surface area contributed by atoms with E-state index in [1.54, 1.807) is 11.0 Å². The monoisotopic (exact) mass is 480 g/mol. The van der Waals surface area contributed by atoms with Gasteiger partial charge in [0.1, 0.15) is 0 Å². The molecule has 29 heavy (non-hydrogen) atoms. The number of benzene rings is 2. The van der Waals surface area contributed by atoms with Gasteiger partial charge in [-0.2, -0.15) is 0 Å². The Morgan fingerprint density at radius 1 is 1.10 bits per heavy atom. The Hall–Kier alpha value is -2.10. The third-order valence-corrected chi connectivity index (χ3v) is 6.85. The zero-order valence-electron chi connectivity index (χ0n) is 15.7. The van der Waals surface area contributed by atoms with Crippen LogP contribution in [0, 0.1) is 0 Å². The van der Waals surface area contributed by atoms with Crippen LogP contribution in [0.3, 0.4) is 0 Å². The molecule has 0 spiro atoms. The highest BCUT2D eigenvalue weighted by molar-refractivity contribution is 9.10. The molecular weight excluding hydrogens is 460 g/mol. The highest BCUT2D eigenvalue weighted by Crippen LogP contribution is 2.32. The van der Waals surface area contributed by atoms with Crippen molar-refractivity contribution in [3.63, 3.8) is 0 Å². The molecule has 0 atom stereocenters. The second-order valence-electron chi connectivity index (χ2n) is 6.88. The first kappa shape index (κ1) is 20.2. The van der Waals surface area contributed by atoms with Gasteiger partial charge in [-0.3, -0.25) is 4.79 Å². The van der Waals surface area contributed by atoms with Gasteiger partial charge in [0.05, 0.1) is 18.1 Å². The van der Waals surface area contributed by atoms with Gasteiger partial charge >= 0.3 is 0 Å². The lowest BCUT2D eigenvalue weighted by Crippen LogP contribution is -2.33. The van der Waals surface area contributed by atoms with Gasteiger partial charge in [-0.1, -0.05) is 15.9 Å². The van der Waals surface area contributed by atoms with E-state index in [9.17, 15) is 13.2 Å². The molecule has 4 rings (SSSR count). The number of anilines is 1. The fraction of sp³-hybridized carbons (Fsp3) is 0.350. The molecule has 2 aliphatic rings. The van der Waals surface area contributed by atoms with Crippen molar-refractivity contribution >= 4 is 37.5 Å². The van der Waals surface area contributed by atoms with Crippen molar-refractivity contribution in [1.29, 1.82) is 0 Å². The maximum atomic E-state index is 12.6. The third kappa shape index (κ3) is 4.41. The highest BCUT2D eigenvalue weighted by Gasteiger charge is 2.25. The van der Waals surface area contributed by atoms with Crippen LogP contribution in [-0.4, -0.2) is 40.6 Å². The van der Waals surface area contributed by atoms with Crippen LogP contribution >= 0.6 is 15.9 Å². The topological polar surface area (TPSA) is 84.9 Å². The van der Waals surface area contributed by atoms with Gasteiger partial charge in [0, 0.05) is 42.2 Å². The molecule has 0 bridgehead atoms. The SMILES string of the molecule is O=C(CCNS(=O)(=O)c1ccc2c(c1)OCCCO2)N1CCc2cc(Br)ccc21. The predicted molar refractivity (Wildman–Crippen MR) is 112 cm³/mol. The van der Waals surface area contributed by atoms with Gasteiger partial charge < -0.3 is 14.4 Å². The lowest BCUT2D eigenvalue weighted by Gasteiger charge is -2.17. The Balaban J connectivity index is 1.38. The summed E-state index contributed by atoms with van der Waals surface area (Å²) in [5.74, 6) is 0.852. The van der Waals surface area contributed by atoms with Crippen molar-refractivity contribution in [2.75, 3.05) is 31.2 Å². The number of hydrogen-bond acceptors (Lipinski definition) is 5. The van der Waals surface area contributed by atoms with E-state index in [0.717, 1.165) is 28.6 Å². The molecule has 2 heterocycles. The molecule has 2 aliphatic heterocycles. The summed E-state index contributed by atoms with van der Waals surface area (Å²) in [6.45, 7) is 1.65. The van der Waals surface area contributed by atoms with E-state index >= 15 is 0 Å². The number of nitrogens with zero attached hydrogens (tertiary/aromatic N) is 1. The number of carbonyl (C=O) groups excluding carboxylic acids is 1. The number of ether oxygens (including phenoxy) is 2. The molecule has 9 heteroatoms. The van der Waals surface area contributed by atoms with E-state index in [1.165, 1.54) is 12.1 Å². The van der Waals surface area contributed by atoms with E-state index in [4.69, 9.17) is 9.47 Å². The molecular formula is C20H21BrN2O5S. The minimum Gasteiger partial charge on any atom is -0.490 e. The molecule has 0 unspecified atom stereocenters. The number of nitrogens with one attached hydrogen (secondary N) is 1. The number of fused-ring (bicyclic) bond motifs is 2. The molecule has 154 valence electrons. The number of rotatable bonds is 5. The van der Waals surface area contributed by atoms with Gasteiger partial charge in [-0.05, 0) is 42.3 Å². The molecule has 0 fully saturated rings. The minimum absolute atomic E-state index is 0.0258. The average molecular weight is 481 g/mol. The maximum Gasteiger partial charge on any atom is 0.240 e. The smallest absolute Gasteiger partial charge is 0.240 e. The summed E-state index contributed by atoms with van der Waals surface area (Å²) in [6.07, 6.45) is 1.62. The summed E-state index contributed by atoms with van der Waals surface area (Å²) in [6, 6.07) is 10.4. The highest BCUT2D eigenvalue weighted by atomic mass is 79.9. The zero-order chi connectivity index (χ0) is 20.4. The van der Waals surface area contributed by atoms with Gasteiger partial charge in [0.25, 0.3) is 0 Å². The summed E-state index contributed by atoms with van der Waals surface area (Å²) in [5, 5.41) is 0. The van der Waals surface area contributed by atoms with E-state index in [0.29, 0.717) is 31.3 Å². The molecule has 0 saturated carbocycles. The van der Waals surface area contributed by atoms with Crippen molar-refractivity contribution in [2.45, 2.75) is 24.2 Å². The first-order valence-electron chi connectivity index (χ1n) is 9.42. The second kappa shape index (κ2) is 8.33. The molecule has 7 nitrogen and oxygen atoms in total. The first-order chi connectivity index (χ1) is 13.9. The Labute approximate surface area is 178 Å². The third-order valence-electron chi connectivity index (χ3n) is 4.90. The fourth-order valence-electron chi connectivity index (χ4n) is 3.45. The van der Waals surface area contributed by atoms with Crippen LogP contribution in [-0.2, 0) is 21.2 Å². The number of hydrogen-bond donors (Lipinski definition) is 1. The molecule has 2 aromatic rings. The lowest BCUT2D eigenvalue weighted by atomic mass is 10.2. The largest absolute Gasteiger partial charge is 0.490 e. The predicted octanol–water partition coefficient (Wildman–Crippen LogP) is 2.87. The summed E-state index contributed by atoms with van der Waals surface area (Å²) in [4.78, 5) is 14.4. The van der Waals surface area contributed by atoms with Crippen molar-refractivity contribution < 1.29 is 22.7 Å². The van der Waals surface area contributed by atoms with E-state index in [2.05, 4.69) is 20.7 Å². The minimum atomic E-state index is -3.75. The lowest BCUT2D eigenvalue weighted by molar-refractivity contribution is -0.118. The van der Waals surface area contributed by atoms with E-state index in [1.807, 2.05) is 18.2 Å². The van der Waals surface area contributed by atoms with Crippen LogP contribution in [0.25, 0.3) is 0 Å². The van der Waals surface area contributed by atoms with Gasteiger partial charge in [-0.15, -0.1) is 0 Å². The number of amides is 1. The van der Waals surface area contributed by atoms with Crippen molar-refractivity contribution in [2.24, 2.45) is 0 Å². The van der Waals surface area contributed by atoms with Crippen LogP contribution in [0.4, 0.5) is 5.69 Å². The van der Waals surface area contributed by atoms with Crippen molar-refractivity contribution in [1.82, 2.24) is 4.72 Å². The Morgan fingerprint density at radius 3 is 2.72 bits per heavy atom. The molecule has 1 amide bonds. The maximum absolute atomic E-state index is 12.6. The van der Waals surface area contributed by atoms with E-state index in [-0.39, 0.29) is 23.8 Å². The summed E-state index contributed by atoms with van der Waals surface area (Å²) in [5.41, 5.74) is 2.00. The summed E-state index contributed by atoms with van der Waals surface area (Å²) >= 11 is 3.44. The Bertz CT molecular complexity index is 1040. The molecule has 1 N–H and O–H groups in total. The van der Waals surface area contributed by atoms with E-state index < -0.39 is 10.0 Å². The summed E-state index contributed by atoms with van der Waals surface area (Å²) in [7, 11) is -3.75. The van der Waals surface area contributed by atoms with Crippen molar-refractivity contribution in [3.8, 4) is 11.5 Å². The Morgan fingerprint density at radius 2 is 1.90 bits per heavy atom. The molecule has 0 aliphatic carbocycles. The molecule has 2 aromatic carbocycles. The van der Waals surface area contributed by atoms with Gasteiger partial charge in [-0.25, -0.2) is 13.1 Å². The normalized spacial score (nSPS) is 15.7. The number of carbonyl (C=O) groups is 1. The fourth-order valence-corrected chi connectivity index (χ4v) is 4.91. The van der Waals surface area contributed by atoms with Gasteiger partial charge in [0.2, 0.25) is 15.9 Å². The number of halogens is 1. The van der Waals surface area contributed by atoms with Crippen LogP contribution in [0.2, 0.25) is 0 Å². The van der Waals surface area contributed by atoms with Crippen LogP contribution in [0.1, 0.15) is 18.4 Å². The second-order valence-corrected chi connectivity index (χ2v) is 9.56. The van der Waals surface area contributed by atoms with Crippen LogP contribution in [0.5, 0.6) is 11.5 Å². The summed E-state index contributed by atoms with van der Waals surface area (Å²) < 4.78 is 39.8. The first-order valence-corrected chi connectivity index (χ1v) is 11.7. The molecule has 0 aromatic heterocycles. The average Bonchev–Trinajstić information content (AvgIpc) is 2.96. The standard InChI is InChI=1S/C20H21BrN2O5S/c21-15-2-4-17-14(12-15)7-9-23(17)20(24)6-8-22-29(25,26)16-3-5-18-19(13-16)28-11-1-10-27-18/h2-5,12-13,22H,1,6-11H2. The quantitative estimate of drug-likeness (QED) is 0.710. The van der Waals surface area contributed by atoms with Crippen LogP contribution in [0.15, 0.2) is 45.8 Å². The van der Waals surface area contributed by atoms with Gasteiger partial charge in [0.15, 0.2) is 11.5 Å². The number of sulfonamides is 1. The molecule has 0 radical (unpaired) electrons. The Kier molecular flexibility index (Phi) is 5.80.